The molecule has 5 nitrogen and oxygen atoms in total. The Balaban J connectivity index is 2.09. The summed E-state index contributed by atoms with van der Waals surface area (Å²) >= 11 is 0. The van der Waals surface area contributed by atoms with Gasteiger partial charge in [-0.1, -0.05) is 63.2 Å². The van der Waals surface area contributed by atoms with Gasteiger partial charge in [0.05, 0.1) is 0 Å². The molecule has 2 aromatic rings. The summed E-state index contributed by atoms with van der Waals surface area (Å²) in [7, 11) is 0. The van der Waals surface area contributed by atoms with Crippen LogP contribution in [-0.4, -0.2) is 28.8 Å². The van der Waals surface area contributed by atoms with Crippen LogP contribution in [0, 0.1) is 5.41 Å². The Morgan fingerprint density at radius 1 is 0.923 bits per heavy atom. The summed E-state index contributed by atoms with van der Waals surface area (Å²) in [5.41, 5.74) is 1.16. The van der Waals surface area contributed by atoms with E-state index in [0.29, 0.717) is 11.1 Å². The van der Waals surface area contributed by atoms with Gasteiger partial charge in [-0.05, 0) is 17.7 Å². The summed E-state index contributed by atoms with van der Waals surface area (Å²) in [6.07, 6.45) is 0.197. The van der Waals surface area contributed by atoms with Crippen molar-refractivity contribution in [1.29, 1.82) is 0 Å². The van der Waals surface area contributed by atoms with E-state index in [4.69, 9.17) is 0 Å². The Bertz CT molecular complexity index is 789. The van der Waals surface area contributed by atoms with Crippen LogP contribution >= 0.6 is 0 Å². The van der Waals surface area contributed by atoms with Crippen molar-refractivity contribution in [1.82, 2.24) is 5.32 Å². The largest absolute Gasteiger partial charge is 0.480 e. The van der Waals surface area contributed by atoms with Crippen LogP contribution < -0.4 is 5.32 Å². The third-order valence-electron chi connectivity index (χ3n) is 3.98. The van der Waals surface area contributed by atoms with E-state index in [-0.39, 0.29) is 12.2 Å². The van der Waals surface area contributed by atoms with Crippen molar-refractivity contribution >= 4 is 17.7 Å². The van der Waals surface area contributed by atoms with Crippen LogP contribution in [0.15, 0.2) is 54.6 Å². The van der Waals surface area contributed by atoms with E-state index in [9.17, 15) is 19.5 Å². The van der Waals surface area contributed by atoms with Crippen LogP contribution in [0.5, 0.6) is 0 Å². The molecule has 26 heavy (non-hydrogen) atoms. The number of Topliss-reactive ketones (excluding diaryl/α,β-unsaturated/α-hetero) is 1. The SMILES string of the molecule is CC(C)(C)C(=O)c1ccc(C(=O)N[C@@H](Cc2ccccc2)C(=O)O)cc1. The van der Waals surface area contributed by atoms with E-state index in [1.165, 1.54) is 12.1 Å². The van der Waals surface area contributed by atoms with Crippen LogP contribution in [-0.2, 0) is 11.2 Å². The molecule has 0 spiro atoms. The van der Waals surface area contributed by atoms with Gasteiger partial charge in [0.2, 0.25) is 0 Å². The number of carbonyl (C=O) groups excluding carboxylic acids is 2. The number of hydrogen-bond donors (Lipinski definition) is 2. The molecule has 5 heteroatoms. The highest BCUT2D eigenvalue weighted by molar-refractivity contribution is 6.01. The second-order valence-electron chi connectivity index (χ2n) is 7.21. The van der Waals surface area contributed by atoms with Crippen LogP contribution in [0.2, 0.25) is 0 Å². The first-order valence-electron chi connectivity index (χ1n) is 8.41. The molecular formula is C21H23NO4. The molecule has 0 aromatic heterocycles. The molecule has 1 amide bonds. The van der Waals surface area contributed by atoms with Gasteiger partial charge in [-0.2, -0.15) is 0 Å². The van der Waals surface area contributed by atoms with Gasteiger partial charge in [0.1, 0.15) is 6.04 Å². The van der Waals surface area contributed by atoms with Crippen LogP contribution in [0.3, 0.4) is 0 Å². The lowest BCUT2D eigenvalue weighted by atomic mass is 9.86. The third kappa shape index (κ3) is 5.02. The first-order valence-corrected chi connectivity index (χ1v) is 8.41. The van der Waals surface area contributed by atoms with Gasteiger partial charge < -0.3 is 10.4 Å². The lowest BCUT2D eigenvalue weighted by Crippen LogP contribution is -2.42. The second-order valence-corrected chi connectivity index (χ2v) is 7.21. The number of ketones is 1. The molecule has 0 radical (unpaired) electrons. The molecule has 2 N–H and O–H groups in total. The molecule has 2 aromatic carbocycles. The fourth-order valence-corrected chi connectivity index (χ4v) is 2.50. The zero-order valence-corrected chi connectivity index (χ0v) is 15.2. The third-order valence-corrected chi connectivity index (χ3v) is 3.98. The van der Waals surface area contributed by atoms with Crippen molar-refractivity contribution in [3.8, 4) is 0 Å². The maximum absolute atomic E-state index is 12.4. The summed E-state index contributed by atoms with van der Waals surface area (Å²) in [5, 5.41) is 11.9. The summed E-state index contributed by atoms with van der Waals surface area (Å²) in [5.74, 6) is -1.60. The zero-order valence-electron chi connectivity index (χ0n) is 15.2. The summed E-state index contributed by atoms with van der Waals surface area (Å²) < 4.78 is 0. The number of carbonyl (C=O) groups is 3. The molecule has 2 rings (SSSR count). The summed E-state index contributed by atoms with van der Waals surface area (Å²) in [6, 6.07) is 14.3. The quantitative estimate of drug-likeness (QED) is 0.780. The number of carboxylic acids is 1. The number of carboxylic acid groups (broad SMARTS) is 1. The predicted octanol–water partition coefficient (Wildman–Crippen LogP) is 3.34. The molecule has 0 unspecified atom stereocenters. The molecule has 0 saturated carbocycles. The van der Waals surface area contributed by atoms with Crippen molar-refractivity contribution in [3.05, 3.63) is 71.3 Å². The lowest BCUT2D eigenvalue weighted by molar-refractivity contribution is -0.139. The smallest absolute Gasteiger partial charge is 0.326 e. The molecule has 0 aliphatic heterocycles. The first-order chi connectivity index (χ1) is 12.2. The Morgan fingerprint density at radius 3 is 1.96 bits per heavy atom. The Morgan fingerprint density at radius 2 is 1.46 bits per heavy atom. The van der Waals surface area contributed by atoms with E-state index in [1.807, 2.05) is 51.1 Å². The Labute approximate surface area is 153 Å². The van der Waals surface area contributed by atoms with Crippen LogP contribution in [0.25, 0.3) is 0 Å². The van der Waals surface area contributed by atoms with Gasteiger partial charge in [0.15, 0.2) is 5.78 Å². The number of aliphatic carboxylic acids is 1. The number of rotatable bonds is 6. The highest BCUT2D eigenvalue weighted by Gasteiger charge is 2.24. The van der Waals surface area contributed by atoms with Crippen molar-refractivity contribution in [2.75, 3.05) is 0 Å². The van der Waals surface area contributed by atoms with Gasteiger partial charge in [-0.3, -0.25) is 9.59 Å². The van der Waals surface area contributed by atoms with E-state index in [2.05, 4.69) is 5.32 Å². The predicted molar refractivity (Wildman–Crippen MR) is 99.3 cm³/mol. The van der Waals surface area contributed by atoms with E-state index < -0.39 is 23.3 Å². The molecule has 0 aliphatic rings. The number of amides is 1. The van der Waals surface area contributed by atoms with Gasteiger partial charge in [-0.15, -0.1) is 0 Å². The second kappa shape index (κ2) is 7.95. The Kier molecular flexibility index (Phi) is 5.93. The van der Waals surface area contributed by atoms with Crippen molar-refractivity contribution < 1.29 is 19.5 Å². The molecular weight excluding hydrogens is 330 g/mol. The van der Waals surface area contributed by atoms with Gasteiger partial charge in [0, 0.05) is 23.0 Å². The molecule has 0 heterocycles. The molecule has 136 valence electrons. The highest BCUT2D eigenvalue weighted by Crippen LogP contribution is 2.21. The monoisotopic (exact) mass is 353 g/mol. The standard InChI is InChI=1S/C21H23NO4/c1-21(2,3)18(23)15-9-11-16(12-10-15)19(24)22-17(20(25)26)13-14-7-5-4-6-8-14/h4-12,17H,13H2,1-3H3,(H,22,24)(H,25,26)/t17-/m0/s1. The maximum Gasteiger partial charge on any atom is 0.326 e. The summed E-state index contributed by atoms with van der Waals surface area (Å²) in [4.78, 5) is 36.1. The first kappa shape index (κ1) is 19.4. The highest BCUT2D eigenvalue weighted by atomic mass is 16.4. The summed E-state index contributed by atoms with van der Waals surface area (Å²) in [6.45, 7) is 5.49. The fraction of sp³-hybridized carbons (Fsp3) is 0.286. The number of benzene rings is 2. The fourth-order valence-electron chi connectivity index (χ4n) is 2.50. The minimum atomic E-state index is -1.10. The minimum Gasteiger partial charge on any atom is -0.480 e. The van der Waals surface area contributed by atoms with E-state index in [0.717, 1.165) is 5.56 Å². The van der Waals surface area contributed by atoms with Crippen molar-refractivity contribution in [3.63, 3.8) is 0 Å². The molecule has 0 saturated heterocycles. The van der Waals surface area contributed by atoms with Crippen LogP contribution in [0.1, 0.15) is 47.1 Å². The lowest BCUT2D eigenvalue weighted by Gasteiger charge is -2.17. The van der Waals surface area contributed by atoms with E-state index >= 15 is 0 Å². The Hall–Kier alpha value is -2.95. The maximum atomic E-state index is 12.4. The van der Waals surface area contributed by atoms with Crippen molar-refractivity contribution in [2.45, 2.75) is 33.2 Å². The average Bonchev–Trinajstić information content (AvgIpc) is 2.60. The van der Waals surface area contributed by atoms with Crippen LogP contribution in [0.4, 0.5) is 0 Å². The normalized spacial score (nSPS) is 12.3. The van der Waals surface area contributed by atoms with Gasteiger partial charge >= 0.3 is 5.97 Å². The molecule has 0 aliphatic carbocycles. The minimum absolute atomic E-state index is 0.0167. The zero-order chi connectivity index (χ0) is 19.3. The molecule has 0 fully saturated rings. The van der Waals surface area contributed by atoms with Crippen molar-refractivity contribution in [2.24, 2.45) is 5.41 Å². The topological polar surface area (TPSA) is 83.5 Å². The van der Waals surface area contributed by atoms with E-state index in [1.54, 1.807) is 12.1 Å². The van der Waals surface area contributed by atoms with Gasteiger partial charge in [-0.25, -0.2) is 4.79 Å². The molecule has 0 bridgehead atoms. The number of hydrogen-bond acceptors (Lipinski definition) is 3. The van der Waals surface area contributed by atoms with Gasteiger partial charge in [0.25, 0.3) is 5.91 Å². The average molecular weight is 353 g/mol. The molecule has 1 atom stereocenters. The number of nitrogens with one attached hydrogen (secondary N) is 1.